The van der Waals surface area contributed by atoms with Crippen LogP contribution in [0.3, 0.4) is 0 Å². The van der Waals surface area contributed by atoms with Crippen LogP contribution >= 0.6 is 12.2 Å². The maximum absolute atomic E-state index is 5.75. The third-order valence-electron chi connectivity index (χ3n) is 4.80. The molecular weight excluding hydrogens is 328 g/mol. The molecule has 132 valence electrons. The molecule has 4 nitrogen and oxygen atoms in total. The fourth-order valence-electron chi connectivity index (χ4n) is 3.33. The average Bonchev–Trinajstić information content (AvgIpc) is 2.97. The monoisotopic (exact) mass is 354 g/mol. The lowest BCUT2D eigenvalue weighted by Crippen LogP contribution is -2.46. The van der Waals surface area contributed by atoms with Gasteiger partial charge < -0.3 is 4.57 Å². The van der Waals surface area contributed by atoms with Crippen LogP contribution in [0.15, 0.2) is 36.7 Å². The topological polar surface area (TPSA) is 16.3 Å². The van der Waals surface area contributed by atoms with E-state index in [-0.39, 0.29) is 0 Å². The number of hydrogen-bond donors (Lipinski definition) is 0. The third kappa shape index (κ3) is 4.04. The van der Waals surface area contributed by atoms with Crippen LogP contribution in [0, 0.1) is 17.1 Å². The van der Waals surface area contributed by atoms with Crippen LogP contribution in [-0.2, 0) is 6.67 Å². The van der Waals surface area contributed by atoms with Gasteiger partial charge in [-0.25, -0.2) is 0 Å². The molecular formula is C20H26N4S. The quantitative estimate of drug-likeness (QED) is 0.605. The molecule has 5 heteroatoms. The molecule has 1 fully saturated rings. The third-order valence-corrected chi connectivity index (χ3v) is 5.23. The lowest BCUT2D eigenvalue weighted by molar-refractivity contribution is 0.116. The molecule has 2 aromatic rings. The molecule has 0 spiro atoms. The number of piperazine rings is 1. The first kappa shape index (κ1) is 17.9. The molecule has 0 atom stereocenters. The zero-order chi connectivity index (χ0) is 17.8. The largest absolute Gasteiger partial charge is 0.310 e. The second kappa shape index (κ2) is 8.01. The number of rotatable bonds is 5. The molecule has 0 unspecified atom stereocenters. The molecule has 1 aromatic carbocycles. The van der Waals surface area contributed by atoms with Crippen molar-refractivity contribution in [3.05, 3.63) is 47.0 Å². The minimum Gasteiger partial charge on any atom is -0.310 e. The second-order valence-electron chi connectivity index (χ2n) is 6.87. The highest BCUT2D eigenvalue weighted by atomic mass is 32.1. The van der Waals surface area contributed by atoms with Crippen LogP contribution in [0.1, 0.15) is 25.3 Å². The molecule has 3 rings (SSSR count). The normalized spacial score (nSPS) is 16.2. The summed E-state index contributed by atoms with van der Waals surface area (Å²) < 4.78 is 5.13. The van der Waals surface area contributed by atoms with Gasteiger partial charge in [0.2, 0.25) is 0 Å². The van der Waals surface area contributed by atoms with Crippen molar-refractivity contribution < 1.29 is 0 Å². The van der Waals surface area contributed by atoms with Crippen LogP contribution in [0.2, 0.25) is 0 Å². The number of benzene rings is 1. The van der Waals surface area contributed by atoms with Crippen molar-refractivity contribution in [2.75, 3.05) is 32.7 Å². The van der Waals surface area contributed by atoms with E-state index in [1.807, 2.05) is 0 Å². The molecule has 0 bridgehead atoms. The zero-order valence-electron chi connectivity index (χ0n) is 15.1. The van der Waals surface area contributed by atoms with Crippen molar-refractivity contribution in [3.8, 4) is 18.0 Å². The van der Waals surface area contributed by atoms with E-state index in [0.717, 1.165) is 44.2 Å². The van der Waals surface area contributed by atoms with Crippen molar-refractivity contribution in [2.24, 2.45) is 0 Å². The van der Waals surface area contributed by atoms with Gasteiger partial charge in [0.15, 0.2) is 4.77 Å². The summed E-state index contributed by atoms with van der Waals surface area (Å²) in [7, 11) is 0. The van der Waals surface area contributed by atoms with Gasteiger partial charge in [-0.3, -0.25) is 14.4 Å². The number of imidazole rings is 1. The molecule has 2 heterocycles. The Morgan fingerprint density at radius 3 is 2.44 bits per heavy atom. The molecule has 1 aliphatic heterocycles. The molecule has 0 amide bonds. The van der Waals surface area contributed by atoms with Gasteiger partial charge in [0.25, 0.3) is 0 Å². The molecule has 1 aliphatic rings. The minimum atomic E-state index is 0.464. The summed E-state index contributed by atoms with van der Waals surface area (Å²) in [6.45, 7) is 10.1. The summed E-state index contributed by atoms with van der Waals surface area (Å²) in [4.78, 5) is 4.75. The Kier molecular flexibility index (Phi) is 5.74. The Balaban J connectivity index is 1.75. The van der Waals surface area contributed by atoms with Crippen molar-refractivity contribution >= 4 is 12.2 Å². The van der Waals surface area contributed by atoms with E-state index in [1.54, 1.807) is 0 Å². The van der Waals surface area contributed by atoms with E-state index in [1.165, 1.54) is 11.3 Å². The Bertz CT molecular complexity index is 804. The van der Waals surface area contributed by atoms with Gasteiger partial charge in [-0.1, -0.05) is 38.0 Å². The van der Waals surface area contributed by atoms with Gasteiger partial charge in [-0.05, 0) is 29.8 Å². The Hall–Kier alpha value is -1.87. The fourth-order valence-corrected chi connectivity index (χ4v) is 3.61. The van der Waals surface area contributed by atoms with E-state index >= 15 is 0 Å². The van der Waals surface area contributed by atoms with Gasteiger partial charge in [-0.2, -0.15) is 0 Å². The Morgan fingerprint density at radius 1 is 1.08 bits per heavy atom. The molecule has 0 saturated carbocycles. The van der Waals surface area contributed by atoms with Crippen LogP contribution < -0.4 is 0 Å². The minimum absolute atomic E-state index is 0.464. The highest BCUT2D eigenvalue weighted by molar-refractivity contribution is 7.71. The van der Waals surface area contributed by atoms with Gasteiger partial charge in [0.05, 0.1) is 18.9 Å². The number of aromatic nitrogens is 2. The van der Waals surface area contributed by atoms with Crippen molar-refractivity contribution in [1.29, 1.82) is 0 Å². The van der Waals surface area contributed by atoms with Gasteiger partial charge in [0.1, 0.15) is 0 Å². The molecule has 0 N–H and O–H groups in total. The maximum Gasteiger partial charge on any atom is 0.185 e. The average molecular weight is 355 g/mol. The van der Waals surface area contributed by atoms with Crippen LogP contribution in [0.4, 0.5) is 0 Å². The summed E-state index contributed by atoms with van der Waals surface area (Å²) in [5, 5.41) is 0. The molecule has 1 saturated heterocycles. The Labute approximate surface area is 155 Å². The van der Waals surface area contributed by atoms with Crippen LogP contribution in [-0.4, -0.2) is 51.7 Å². The summed E-state index contributed by atoms with van der Waals surface area (Å²) in [6.07, 6.45) is 9.57. The van der Waals surface area contributed by atoms with Crippen molar-refractivity contribution in [1.82, 2.24) is 18.9 Å². The second-order valence-corrected chi connectivity index (χ2v) is 7.24. The summed E-state index contributed by atoms with van der Waals surface area (Å²) >= 11 is 5.75. The SMILES string of the molecule is C#CCN1CCN(Cn2ccn(-c3ccccc3C(C)C)c2=S)CC1. The fraction of sp³-hybridized carbons (Fsp3) is 0.450. The first-order valence-corrected chi connectivity index (χ1v) is 9.26. The van der Waals surface area contributed by atoms with E-state index in [2.05, 4.69) is 75.4 Å². The summed E-state index contributed by atoms with van der Waals surface area (Å²) in [5.41, 5.74) is 2.50. The maximum atomic E-state index is 5.75. The predicted octanol–water partition coefficient (Wildman–Crippen LogP) is 3.34. The molecule has 0 aliphatic carbocycles. The number of hydrogen-bond acceptors (Lipinski definition) is 3. The van der Waals surface area contributed by atoms with E-state index in [0.29, 0.717) is 5.92 Å². The van der Waals surface area contributed by atoms with Crippen molar-refractivity contribution in [3.63, 3.8) is 0 Å². The molecule has 0 radical (unpaired) electrons. The smallest absolute Gasteiger partial charge is 0.185 e. The summed E-state index contributed by atoms with van der Waals surface area (Å²) in [6, 6.07) is 8.50. The Morgan fingerprint density at radius 2 is 1.76 bits per heavy atom. The highest BCUT2D eigenvalue weighted by Crippen LogP contribution is 2.23. The number of para-hydroxylation sites is 1. The standard InChI is InChI=1S/C20H26N4S/c1-4-9-21-10-12-22(13-11-21)16-23-14-15-24(20(23)25)19-8-6-5-7-18(19)17(2)3/h1,5-8,14-15,17H,9-13,16H2,2-3H3. The van der Waals surface area contributed by atoms with Crippen LogP contribution in [0.5, 0.6) is 0 Å². The highest BCUT2D eigenvalue weighted by Gasteiger charge is 2.17. The van der Waals surface area contributed by atoms with Gasteiger partial charge in [-0.15, -0.1) is 6.42 Å². The number of terminal acetylenes is 1. The zero-order valence-corrected chi connectivity index (χ0v) is 15.9. The van der Waals surface area contributed by atoms with Gasteiger partial charge >= 0.3 is 0 Å². The van der Waals surface area contributed by atoms with E-state index in [9.17, 15) is 0 Å². The lowest BCUT2D eigenvalue weighted by Gasteiger charge is -2.33. The molecule has 25 heavy (non-hydrogen) atoms. The number of nitrogens with zero attached hydrogens (tertiary/aromatic N) is 4. The van der Waals surface area contributed by atoms with Gasteiger partial charge in [0, 0.05) is 38.6 Å². The van der Waals surface area contributed by atoms with Crippen LogP contribution in [0.25, 0.3) is 5.69 Å². The first-order chi connectivity index (χ1) is 12.1. The summed E-state index contributed by atoms with van der Waals surface area (Å²) in [5.74, 6) is 3.19. The molecule has 1 aromatic heterocycles. The first-order valence-electron chi connectivity index (χ1n) is 8.85. The lowest BCUT2D eigenvalue weighted by atomic mass is 10.0. The van der Waals surface area contributed by atoms with E-state index < -0.39 is 0 Å². The van der Waals surface area contributed by atoms with E-state index in [4.69, 9.17) is 18.6 Å². The van der Waals surface area contributed by atoms with Crippen molar-refractivity contribution in [2.45, 2.75) is 26.4 Å². The predicted molar refractivity (Wildman–Crippen MR) is 106 cm³/mol.